The molecule has 8 heteroatoms. The van der Waals surface area contributed by atoms with Crippen LogP contribution in [0.1, 0.15) is 22.8 Å². The van der Waals surface area contributed by atoms with Crippen LogP contribution in [0.4, 0.5) is 4.39 Å². The molecule has 30 heavy (non-hydrogen) atoms. The predicted octanol–water partition coefficient (Wildman–Crippen LogP) is 1.36. The predicted molar refractivity (Wildman–Crippen MR) is 107 cm³/mol. The van der Waals surface area contributed by atoms with Crippen LogP contribution in [0.15, 0.2) is 42.6 Å². The lowest BCUT2D eigenvalue weighted by atomic mass is 9.91. The number of nitrogens with zero attached hydrogens (tertiary/aromatic N) is 1. The van der Waals surface area contributed by atoms with Gasteiger partial charge in [0.2, 0.25) is 0 Å². The average molecular weight is 417 g/mol. The number of aliphatic hydroxyl groups excluding tert-OH is 4. The number of aromatic nitrogens is 1. The Morgan fingerprint density at radius 3 is 2.40 bits per heavy atom. The summed E-state index contributed by atoms with van der Waals surface area (Å²) in [6.45, 7) is 1.51. The molecule has 0 amide bonds. The lowest BCUT2D eigenvalue weighted by molar-refractivity contribution is -0.231. The highest BCUT2D eigenvalue weighted by molar-refractivity contribution is 5.86. The van der Waals surface area contributed by atoms with Crippen LogP contribution < -0.4 is 0 Å². The third kappa shape index (κ3) is 3.57. The molecule has 3 aromatic rings. The highest BCUT2D eigenvalue weighted by atomic mass is 19.1. The van der Waals surface area contributed by atoms with Crippen molar-refractivity contribution in [3.8, 4) is 5.75 Å². The van der Waals surface area contributed by atoms with Crippen LogP contribution in [-0.4, -0.2) is 61.1 Å². The van der Waals surface area contributed by atoms with Crippen LogP contribution in [0.5, 0.6) is 5.75 Å². The van der Waals surface area contributed by atoms with Gasteiger partial charge in [-0.05, 0) is 42.3 Å². The molecule has 0 spiro atoms. The molecule has 2 aromatic carbocycles. The Morgan fingerprint density at radius 2 is 1.73 bits per heavy atom. The third-order valence-electron chi connectivity index (χ3n) is 5.59. The van der Waals surface area contributed by atoms with E-state index in [1.807, 2.05) is 0 Å². The number of ether oxygens (including phenoxy) is 1. The fourth-order valence-corrected chi connectivity index (χ4v) is 4.06. The normalized spacial score (nSPS) is 26.9. The summed E-state index contributed by atoms with van der Waals surface area (Å²) < 4.78 is 22.3. The first-order valence-corrected chi connectivity index (χ1v) is 9.67. The van der Waals surface area contributed by atoms with E-state index in [0.29, 0.717) is 28.6 Å². The maximum atomic E-state index is 14.9. The Morgan fingerprint density at radius 1 is 1.03 bits per heavy atom. The number of aromatic hydroxyl groups is 1. The lowest BCUT2D eigenvalue weighted by Crippen LogP contribution is -2.55. The second kappa shape index (κ2) is 7.98. The quantitative estimate of drug-likeness (QED) is 0.438. The largest absolute Gasteiger partial charge is 0.508 e. The summed E-state index contributed by atoms with van der Waals surface area (Å²) >= 11 is 0. The van der Waals surface area contributed by atoms with E-state index < -0.39 is 42.9 Å². The van der Waals surface area contributed by atoms with E-state index in [0.717, 1.165) is 5.56 Å². The molecule has 5 N–H and O–H groups in total. The number of benzene rings is 2. The lowest BCUT2D eigenvalue weighted by Gasteiger charge is -2.40. The first-order chi connectivity index (χ1) is 14.3. The van der Waals surface area contributed by atoms with E-state index in [1.165, 1.54) is 6.07 Å². The number of phenolic OH excluding ortho intramolecular Hbond substituents is 1. The first kappa shape index (κ1) is 20.8. The number of aryl methyl sites for hydroxylation is 1. The molecule has 1 fully saturated rings. The van der Waals surface area contributed by atoms with Crippen molar-refractivity contribution < 1.29 is 34.7 Å². The van der Waals surface area contributed by atoms with Crippen LogP contribution in [0.3, 0.4) is 0 Å². The third-order valence-corrected chi connectivity index (χ3v) is 5.59. The number of hydrogen-bond donors (Lipinski definition) is 5. The van der Waals surface area contributed by atoms with Crippen molar-refractivity contribution in [2.75, 3.05) is 6.61 Å². The Bertz CT molecular complexity index is 1050. The molecule has 1 saturated heterocycles. The van der Waals surface area contributed by atoms with E-state index in [2.05, 4.69) is 0 Å². The zero-order valence-electron chi connectivity index (χ0n) is 16.3. The van der Waals surface area contributed by atoms with Gasteiger partial charge in [-0.2, -0.15) is 0 Å². The number of phenols is 1. The van der Waals surface area contributed by atoms with Crippen LogP contribution in [0, 0.1) is 12.7 Å². The van der Waals surface area contributed by atoms with Crippen molar-refractivity contribution in [2.24, 2.45) is 0 Å². The van der Waals surface area contributed by atoms with Crippen molar-refractivity contribution in [3.05, 3.63) is 65.1 Å². The van der Waals surface area contributed by atoms with Gasteiger partial charge in [-0.25, -0.2) is 4.39 Å². The fourth-order valence-electron chi connectivity index (χ4n) is 4.06. The zero-order valence-corrected chi connectivity index (χ0v) is 16.3. The van der Waals surface area contributed by atoms with Gasteiger partial charge in [0.25, 0.3) is 0 Å². The summed E-state index contributed by atoms with van der Waals surface area (Å²) in [5, 5.41) is 50.3. The number of aliphatic hydroxyl groups is 4. The molecule has 0 unspecified atom stereocenters. The van der Waals surface area contributed by atoms with Gasteiger partial charge < -0.3 is 34.8 Å². The van der Waals surface area contributed by atoms with Crippen LogP contribution in [0.2, 0.25) is 0 Å². The van der Waals surface area contributed by atoms with Crippen molar-refractivity contribution in [1.29, 1.82) is 0 Å². The van der Waals surface area contributed by atoms with Gasteiger partial charge in [0, 0.05) is 23.7 Å². The van der Waals surface area contributed by atoms with Crippen molar-refractivity contribution in [2.45, 2.75) is 44.0 Å². The average Bonchev–Trinajstić information content (AvgIpc) is 3.06. The number of halogens is 1. The molecule has 5 atom stereocenters. The summed E-state index contributed by atoms with van der Waals surface area (Å²) in [7, 11) is 0. The highest BCUT2D eigenvalue weighted by Gasteiger charge is 2.44. The molecular weight excluding hydrogens is 393 g/mol. The van der Waals surface area contributed by atoms with Gasteiger partial charge in [-0.3, -0.25) is 0 Å². The number of rotatable bonds is 4. The minimum absolute atomic E-state index is 0.125. The van der Waals surface area contributed by atoms with E-state index in [1.54, 1.807) is 48.0 Å². The Balaban J connectivity index is 1.83. The molecule has 160 valence electrons. The van der Waals surface area contributed by atoms with Gasteiger partial charge in [0.1, 0.15) is 42.1 Å². The second-order valence-corrected chi connectivity index (χ2v) is 7.77. The van der Waals surface area contributed by atoms with Crippen LogP contribution in [0.25, 0.3) is 10.9 Å². The smallest absolute Gasteiger partial charge is 0.147 e. The molecule has 1 aromatic heterocycles. The highest BCUT2D eigenvalue weighted by Crippen LogP contribution is 2.38. The molecule has 1 aliphatic rings. The molecule has 0 radical (unpaired) electrons. The molecular formula is C22H24FNO6. The number of fused-ring (bicyclic) bond motifs is 1. The molecule has 1 aliphatic heterocycles. The van der Waals surface area contributed by atoms with Gasteiger partial charge >= 0.3 is 0 Å². The van der Waals surface area contributed by atoms with Gasteiger partial charge in [0.15, 0.2) is 0 Å². The second-order valence-electron chi connectivity index (χ2n) is 7.77. The first-order valence-electron chi connectivity index (χ1n) is 9.67. The maximum absolute atomic E-state index is 14.9. The minimum atomic E-state index is -1.52. The monoisotopic (exact) mass is 417 g/mol. The molecule has 0 aliphatic carbocycles. The van der Waals surface area contributed by atoms with E-state index in [9.17, 15) is 29.9 Å². The maximum Gasteiger partial charge on any atom is 0.147 e. The minimum Gasteiger partial charge on any atom is -0.508 e. The summed E-state index contributed by atoms with van der Waals surface area (Å²) in [6.07, 6.45) is -4.92. The van der Waals surface area contributed by atoms with Crippen molar-refractivity contribution in [1.82, 2.24) is 4.57 Å². The van der Waals surface area contributed by atoms with Gasteiger partial charge in [-0.15, -0.1) is 0 Å². The fraction of sp³-hybridized carbons (Fsp3) is 0.364. The molecule has 0 bridgehead atoms. The Hall–Kier alpha value is -2.49. The summed E-state index contributed by atoms with van der Waals surface area (Å²) in [4.78, 5) is 0. The zero-order chi connectivity index (χ0) is 21.6. The summed E-state index contributed by atoms with van der Waals surface area (Å²) in [5.74, 6) is -0.320. The topological polar surface area (TPSA) is 115 Å². The van der Waals surface area contributed by atoms with E-state index in [4.69, 9.17) is 4.74 Å². The summed E-state index contributed by atoms with van der Waals surface area (Å²) in [6, 6.07) is 9.71. The standard InChI is InChI=1S/C22H24FNO6/c1-11-6-14-15(22-21(29)20(28)19(27)17(10-25)30-22)9-24(18(14)16(23)7-11)8-12-2-4-13(26)5-3-12/h2-7,9,17,19-22,25-29H,8,10H2,1H3/t17-,19-,20+,21-,22+/m1/s1. The number of hydrogen-bond acceptors (Lipinski definition) is 6. The van der Waals surface area contributed by atoms with Crippen molar-refractivity contribution in [3.63, 3.8) is 0 Å². The molecule has 0 saturated carbocycles. The summed E-state index contributed by atoms with van der Waals surface area (Å²) in [5.41, 5.74) is 2.25. The van der Waals surface area contributed by atoms with Crippen LogP contribution >= 0.6 is 0 Å². The molecule has 2 heterocycles. The van der Waals surface area contributed by atoms with Crippen LogP contribution in [-0.2, 0) is 11.3 Å². The SMILES string of the molecule is Cc1cc(F)c2c(c1)c([C@@H]1O[C@H](CO)[C@@H](O)[C@H](O)[C@H]1O)cn2Cc1ccc(O)cc1. The van der Waals surface area contributed by atoms with E-state index >= 15 is 0 Å². The van der Waals surface area contributed by atoms with E-state index in [-0.39, 0.29) is 5.75 Å². The van der Waals surface area contributed by atoms with Gasteiger partial charge in [-0.1, -0.05) is 12.1 Å². The van der Waals surface area contributed by atoms with Crippen molar-refractivity contribution >= 4 is 10.9 Å². The molecule has 7 nitrogen and oxygen atoms in total. The molecule has 4 rings (SSSR count). The Kier molecular flexibility index (Phi) is 5.52. The Labute approximate surface area is 172 Å². The van der Waals surface area contributed by atoms with Gasteiger partial charge in [0.05, 0.1) is 12.1 Å².